The van der Waals surface area contributed by atoms with Crippen molar-refractivity contribution in [3.63, 3.8) is 0 Å². The summed E-state index contributed by atoms with van der Waals surface area (Å²) in [6.07, 6.45) is 0. The predicted molar refractivity (Wildman–Crippen MR) is 77.3 cm³/mol. The maximum absolute atomic E-state index is 12.0. The highest BCUT2D eigenvalue weighted by molar-refractivity contribution is 5.81. The van der Waals surface area contributed by atoms with Crippen LogP contribution in [0.3, 0.4) is 0 Å². The van der Waals surface area contributed by atoms with Crippen LogP contribution in [0.4, 0.5) is 5.69 Å². The number of hydrogen-bond acceptors (Lipinski definition) is 4. The highest BCUT2D eigenvalue weighted by Crippen LogP contribution is 2.16. The molecule has 3 N–H and O–H groups in total. The molecule has 0 aliphatic carbocycles. The van der Waals surface area contributed by atoms with Crippen molar-refractivity contribution in [1.82, 2.24) is 9.88 Å². The van der Waals surface area contributed by atoms with Gasteiger partial charge in [0.05, 0.1) is 5.52 Å². The van der Waals surface area contributed by atoms with Crippen molar-refractivity contribution in [2.24, 2.45) is 5.92 Å². The van der Waals surface area contributed by atoms with E-state index in [9.17, 15) is 9.59 Å². The van der Waals surface area contributed by atoms with Gasteiger partial charge in [-0.2, -0.15) is 0 Å². The molecule has 6 nitrogen and oxygen atoms in total. The number of benzene rings is 1. The van der Waals surface area contributed by atoms with E-state index in [0.29, 0.717) is 22.7 Å². The van der Waals surface area contributed by atoms with E-state index >= 15 is 0 Å². The smallest absolute Gasteiger partial charge is 0.408 e. The lowest BCUT2D eigenvalue weighted by Crippen LogP contribution is -2.39. The average Bonchev–Trinajstić information content (AvgIpc) is 2.64. The largest absolute Gasteiger partial charge is 0.420 e. The highest BCUT2D eigenvalue weighted by Gasteiger charge is 2.15. The lowest BCUT2D eigenvalue weighted by Gasteiger charge is -2.17. The van der Waals surface area contributed by atoms with Crippen LogP contribution in [0.2, 0.25) is 0 Å². The minimum Gasteiger partial charge on any atom is -0.408 e. The van der Waals surface area contributed by atoms with Crippen LogP contribution in [0.15, 0.2) is 27.4 Å². The number of rotatable bonds is 4. The predicted octanol–water partition coefficient (Wildman–Crippen LogP) is 1.34. The van der Waals surface area contributed by atoms with Crippen molar-refractivity contribution >= 4 is 22.7 Å². The summed E-state index contributed by atoms with van der Waals surface area (Å²) >= 11 is 0. The summed E-state index contributed by atoms with van der Waals surface area (Å²) in [4.78, 5) is 23.7. The van der Waals surface area contributed by atoms with E-state index in [1.807, 2.05) is 20.8 Å². The van der Waals surface area contributed by atoms with Crippen LogP contribution in [0, 0.1) is 5.92 Å². The molecule has 108 valence electrons. The molecule has 6 heteroatoms. The van der Waals surface area contributed by atoms with E-state index in [-0.39, 0.29) is 18.5 Å². The molecule has 1 aromatic carbocycles. The molecular weight excluding hydrogens is 258 g/mol. The summed E-state index contributed by atoms with van der Waals surface area (Å²) < 4.78 is 6.38. The van der Waals surface area contributed by atoms with Crippen molar-refractivity contribution in [2.75, 3.05) is 5.73 Å². The molecule has 1 unspecified atom stereocenters. The lowest BCUT2D eigenvalue weighted by atomic mass is 10.1. The van der Waals surface area contributed by atoms with E-state index in [1.54, 1.807) is 18.2 Å². The second-order valence-electron chi connectivity index (χ2n) is 5.28. The molecule has 2 aromatic rings. The van der Waals surface area contributed by atoms with Crippen LogP contribution in [0.1, 0.15) is 20.8 Å². The maximum Gasteiger partial charge on any atom is 0.420 e. The SMILES string of the molecule is CC(C)C(C)NC(=O)Cn1c(=O)oc2cc(N)ccc21. The number of fused-ring (bicyclic) bond motifs is 1. The van der Waals surface area contributed by atoms with Gasteiger partial charge >= 0.3 is 5.76 Å². The maximum atomic E-state index is 12.0. The summed E-state index contributed by atoms with van der Waals surface area (Å²) in [6.45, 7) is 5.91. The molecule has 0 aliphatic rings. The van der Waals surface area contributed by atoms with Crippen molar-refractivity contribution in [3.8, 4) is 0 Å². The number of aromatic nitrogens is 1. The summed E-state index contributed by atoms with van der Waals surface area (Å²) in [5.74, 6) is -0.442. The zero-order valence-corrected chi connectivity index (χ0v) is 11.8. The molecule has 20 heavy (non-hydrogen) atoms. The van der Waals surface area contributed by atoms with Gasteiger partial charge in [-0.25, -0.2) is 4.79 Å². The molecule has 0 aliphatic heterocycles. The Labute approximate surface area is 116 Å². The Morgan fingerprint density at radius 2 is 2.10 bits per heavy atom. The molecule has 0 spiro atoms. The number of carbonyl (C=O) groups is 1. The van der Waals surface area contributed by atoms with E-state index in [2.05, 4.69) is 5.32 Å². The Bertz CT molecular complexity index is 685. The van der Waals surface area contributed by atoms with Crippen LogP contribution in [0.25, 0.3) is 11.1 Å². The van der Waals surface area contributed by atoms with Gasteiger partial charge in [-0.15, -0.1) is 0 Å². The second kappa shape index (κ2) is 5.40. The van der Waals surface area contributed by atoms with Crippen molar-refractivity contribution in [1.29, 1.82) is 0 Å². The summed E-state index contributed by atoms with van der Waals surface area (Å²) in [5.41, 5.74) is 7.10. The number of nitrogens with two attached hydrogens (primary N) is 1. The fraction of sp³-hybridized carbons (Fsp3) is 0.429. The monoisotopic (exact) mass is 277 g/mol. The molecule has 1 amide bonds. The summed E-state index contributed by atoms with van der Waals surface area (Å²) in [7, 11) is 0. The Balaban J connectivity index is 2.24. The minimum absolute atomic E-state index is 0.0482. The van der Waals surface area contributed by atoms with Crippen molar-refractivity contribution in [2.45, 2.75) is 33.4 Å². The number of hydrogen-bond donors (Lipinski definition) is 2. The van der Waals surface area contributed by atoms with E-state index in [4.69, 9.17) is 10.2 Å². The van der Waals surface area contributed by atoms with Crippen LogP contribution < -0.4 is 16.8 Å². The van der Waals surface area contributed by atoms with Crippen LogP contribution >= 0.6 is 0 Å². The van der Waals surface area contributed by atoms with Gasteiger partial charge in [0.25, 0.3) is 0 Å². The van der Waals surface area contributed by atoms with Gasteiger partial charge in [0.2, 0.25) is 5.91 Å². The number of nitrogens with one attached hydrogen (secondary N) is 1. The molecule has 0 fully saturated rings. The normalized spacial score (nSPS) is 12.8. The Morgan fingerprint density at radius 1 is 1.40 bits per heavy atom. The molecule has 2 rings (SSSR count). The van der Waals surface area contributed by atoms with Crippen molar-refractivity contribution in [3.05, 3.63) is 28.7 Å². The topological polar surface area (TPSA) is 90.3 Å². The minimum atomic E-state index is -0.557. The van der Waals surface area contributed by atoms with E-state index in [0.717, 1.165) is 0 Å². The zero-order chi connectivity index (χ0) is 14.9. The molecule has 0 saturated carbocycles. The lowest BCUT2D eigenvalue weighted by molar-refractivity contribution is -0.122. The van der Waals surface area contributed by atoms with Gasteiger partial charge in [-0.1, -0.05) is 13.8 Å². The average molecular weight is 277 g/mol. The van der Waals surface area contributed by atoms with Crippen LogP contribution in [-0.4, -0.2) is 16.5 Å². The molecular formula is C14H19N3O3. The standard InChI is InChI=1S/C14H19N3O3/c1-8(2)9(3)16-13(18)7-17-11-5-4-10(15)6-12(11)20-14(17)19/h4-6,8-9H,7,15H2,1-3H3,(H,16,18). The summed E-state index contributed by atoms with van der Waals surface area (Å²) in [5, 5.41) is 2.86. The highest BCUT2D eigenvalue weighted by atomic mass is 16.4. The first-order chi connectivity index (χ1) is 9.38. The van der Waals surface area contributed by atoms with Gasteiger partial charge in [0, 0.05) is 17.8 Å². The number of anilines is 1. The van der Waals surface area contributed by atoms with Crippen molar-refractivity contribution < 1.29 is 9.21 Å². The fourth-order valence-corrected chi connectivity index (χ4v) is 1.84. The van der Waals surface area contributed by atoms with E-state index < -0.39 is 5.76 Å². The molecule has 1 aromatic heterocycles. The molecule has 0 bridgehead atoms. The molecule has 1 heterocycles. The first kappa shape index (κ1) is 14.2. The molecule has 1 atom stereocenters. The number of nitrogens with zero attached hydrogens (tertiary/aromatic N) is 1. The van der Waals surface area contributed by atoms with Gasteiger partial charge in [0.1, 0.15) is 6.54 Å². The quantitative estimate of drug-likeness (QED) is 0.825. The number of amides is 1. The number of oxazole rings is 1. The van der Waals surface area contributed by atoms with Gasteiger partial charge in [-0.05, 0) is 25.0 Å². The first-order valence-electron chi connectivity index (χ1n) is 6.56. The summed E-state index contributed by atoms with van der Waals surface area (Å²) in [6, 6.07) is 4.96. The van der Waals surface area contributed by atoms with Crippen LogP contribution in [0.5, 0.6) is 0 Å². The second-order valence-corrected chi connectivity index (χ2v) is 5.28. The van der Waals surface area contributed by atoms with E-state index in [1.165, 1.54) is 4.57 Å². The Kier molecular flexibility index (Phi) is 3.83. The molecule has 0 saturated heterocycles. The Morgan fingerprint density at radius 3 is 2.75 bits per heavy atom. The fourth-order valence-electron chi connectivity index (χ4n) is 1.84. The third-order valence-electron chi connectivity index (χ3n) is 3.38. The van der Waals surface area contributed by atoms with Gasteiger partial charge < -0.3 is 15.5 Å². The third kappa shape index (κ3) is 2.84. The van der Waals surface area contributed by atoms with Gasteiger partial charge in [-0.3, -0.25) is 9.36 Å². The van der Waals surface area contributed by atoms with Gasteiger partial charge in [0.15, 0.2) is 5.58 Å². The number of carbonyl (C=O) groups excluding carboxylic acids is 1. The van der Waals surface area contributed by atoms with Crippen LogP contribution in [-0.2, 0) is 11.3 Å². The zero-order valence-electron chi connectivity index (χ0n) is 11.8. The Hall–Kier alpha value is -2.24. The first-order valence-corrected chi connectivity index (χ1v) is 6.56. The third-order valence-corrected chi connectivity index (χ3v) is 3.38. The number of nitrogen functional groups attached to an aromatic ring is 1. The molecule has 0 radical (unpaired) electrons.